The summed E-state index contributed by atoms with van der Waals surface area (Å²) in [6.07, 6.45) is 4.54. The Balaban J connectivity index is 1.99. The predicted molar refractivity (Wildman–Crippen MR) is 79.1 cm³/mol. The summed E-state index contributed by atoms with van der Waals surface area (Å²) in [5.41, 5.74) is 0.772. The second kappa shape index (κ2) is 6.71. The van der Waals surface area contributed by atoms with Crippen LogP contribution in [0.15, 0.2) is 18.2 Å². The first-order valence-electron chi connectivity index (χ1n) is 7.24. The molecule has 1 saturated carbocycles. The molecule has 2 unspecified atom stereocenters. The first kappa shape index (κ1) is 14.8. The minimum absolute atomic E-state index is 0.230. The molecule has 1 aromatic carbocycles. The van der Waals surface area contributed by atoms with Crippen LogP contribution in [0.25, 0.3) is 0 Å². The minimum atomic E-state index is -0.230. The Labute approximate surface area is 120 Å². The number of hydrogen-bond donors (Lipinski definition) is 1. The molecule has 0 heterocycles. The van der Waals surface area contributed by atoms with Gasteiger partial charge in [-0.05, 0) is 49.3 Å². The van der Waals surface area contributed by atoms with Gasteiger partial charge < -0.3 is 5.32 Å². The van der Waals surface area contributed by atoms with Crippen molar-refractivity contribution in [1.82, 2.24) is 5.32 Å². The predicted octanol–water partition coefficient (Wildman–Crippen LogP) is 4.44. The van der Waals surface area contributed by atoms with Crippen LogP contribution in [0, 0.1) is 17.7 Å². The van der Waals surface area contributed by atoms with Gasteiger partial charge in [-0.25, -0.2) is 4.39 Å². The molecule has 1 nitrogen and oxygen atoms in total. The van der Waals surface area contributed by atoms with E-state index in [0.717, 1.165) is 18.5 Å². The molecule has 0 radical (unpaired) electrons. The molecular formula is C16H23ClFN. The molecule has 0 saturated heterocycles. The van der Waals surface area contributed by atoms with Crippen molar-refractivity contribution in [3.05, 3.63) is 34.6 Å². The average molecular weight is 284 g/mol. The summed E-state index contributed by atoms with van der Waals surface area (Å²) in [6.45, 7) is 5.38. The molecule has 0 amide bonds. The van der Waals surface area contributed by atoms with Crippen LogP contribution in [0.4, 0.5) is 4.39 Å². The van der Waals surface area contributed by atoms with Gasteiger partial charge in [0, 0.05) is 6.04 Å². The summed E-state index contributed by atoms with van der Waals surface area (Å²) >= 11 is 5.85. The number of hydrogen-bond acceptors (Lipinski definition) is 1. The fraction of sp³-hybridized carbons (Fsp3) is 0.625. The van der Waals surface area contributed by atoms with Crippen molar-refractivity contribution in [3.8, 4) is 0 Å². The molecule has 106 valence electrons. The molecule has 2 atom stereocenters. The zero-order valence-electron chi connectivity index (χ0n) is 11.8. The number of halogens is 2. The van der Waals surface area contributed by atoms with Crippen LogP contribution in [0.2, 0.25) is 5.02 Å². The monoisotopic (exact) mass is 283 g/mol. The highest BCUT2D eigenvalue weighted by molar-refractivity contribution is 6.30. The Morgan fingerprint density at radius 1 is 1.32 bits per heavy atom. The van der Waals surface area contributed by atoms with Gasteiger partial charge >= 0.3 is 0 Å². The van der Waals surface area contributed by atoms with E-state index in [9.17, 15) is 4.39 Å². The Hall–Kier alpha value is -0.600. The van der Waals surface area contributed by atoms with Crippen LogP contribution in [-0.4, -0.2) is 12.6 Å². The molecule has 1 aliphatic rings. The van der Waals surface area contributed by atoms with Crippen molar-refractivity contribution in [3.63, 3.8) is 0 Å². The topological polar surface area (TPSA) is 12.0 Å². The van der Waals surface area contributed by atoms with Crippen molar-refractivity contribution in [2.24, 2.45) is 11.8 Å². The minimum Gasteiger partial charge on any atom is -0.314 e. The Bertz CT molecular complexity index is 419. The van der Waals surface area contributed by atoms with Gasteiger partial charge in [-0.2, -0.15) is 0 Å². The Morgan fingerprint density at radius 3 is 2.79 bits per heavy atom. The summed E-state index contributed by atoms with van der Waals surface area (Å²) in [5.74, 6) is 1.02. The molecule has 3 heteroatoms. The van der Waals surface area contributed by atoms with Gasteiger partial charge in [-0.3, -0.25) is 0 Å². The molecule has 2 rings (SSSR count). The summed E-state index contributed by atoms with van der Waals surface area (Å²) in [5, 5.41) is 3.75. The van der Waals surface area contributed by atoms with Crippen molar-refractivity contribution >= 4 is 11.6 Å². The van der Waals surface area contributed by atoms with Crippen LogP contribution in [0.5, 0.6) is 0 Å². The second-order valence-corrected chi connectivity index (χ2v) is 6.34. The largest absolute Gasteiger partial charge is 0.314 e. The van der Waals surface area contributed by atoms with Crippen LogP contribution < -0.4 is 5.32 Å². The second-order valence-electron chi connectivity index (χ2n) is 5.93. The van der Waals surface area contributed by atoms with E-state index in [2.05, 4.69) is 19.2 Å². The maximum Gasteiger partial charge on any atom is 0.144 e. The molecule has 1 fully saturated rings. The third kappa shape index (κ3) is 3.93. The Kier molecular flexibility index (Phi) is 5.23. The zero-order valence-corrected chi connectivity index (χ0v) is 12.5. The summed E-state index contributed by atoms with van der Waals surface area (Å²) < 4.78 is 13.9. The molecule has 1 N–H and O–H groups in total. The lowest BCUT2D eigenvalue weighted by Crippen LogP contribution is -2.31. The third-order valence-corrected chi connectivity index (χ3v) is 4.41. The maximum absolute atomic E-state index is 13.9. The van der Waals surface area contributed by atoms with Crippen molar-refractivity contribution in [2.45, 2.75) is 45.6 Å². The van der Waals surface area contributed by atoms with Crippen LogP contribution in [-0.2, 0) is 6.42 Å². The van der Waals surface area contributed by atoms with Crippen molar-refractivity contribution < 1.29 is 4.39 Å². The van der Waals surface area contributed by atoms with Crippen molar-refractivity contribution in [1.29, 1.82) is 0 Å². The van der Waals surface area contributed by atoms with Crippen LogP contribution in [0.3, 0.4) is 0 Å². The van der Waals surface area contributed by atoms with Gasteiger partial charge in [0.15, 0.2) is 0 Å². The molecule has 0 aromatic heterocycles. The van der Waals surface area contributed by atoms with E-state index < -0.39 is 0 Å². The molecule has 1 aromatic rings. The number of rotatable bonds is 5. The van der Waals surface area contributed by atoms with E-state index in [1.807, 2.05) is 12.1 Å². The van der Waals surface area contributed by atoms with Gasteiger partial charge in [0.2, 0.25) is 0 Å². The van der Waals surface area contributed by atoms with E-state index in [1.165, 1.54) is 19.3 Å². The first-order chi connectivity index (χ1) is 9.08. The average Bonchev–Trinajstić information content (AvgIpc) is 2.80. The number of nitrogens with one attached hydrogen (secondary N) is 1. The molecule has 1 aliphatic carbocycles. The fourth-order valence-corrected chi connectivity index (χ4v) is 3.22. The van der Waals surface area contributed by atoms with Gasteiger partial charge in [0.1, 0.15) is 5.82 Å². The molecule has 19 heavy (non-hydrogen) atoms. The lowest BCUT2D eigenvalue weighted by Gasteiger charge is -2.21. The smallest absolute Gasteiger partial charge is 0.144 e. The quantitative estimate of drug-likeness (QED) is 0.843. The summed E-state index contributed by atoms with van der Waals surface area (Å²) in [4.78, 5) is 0. The first-order valence-corrected chi connectivity index (χ1v) is 7.62. The van der Waals surface area contributed by atoms with E-state index in [4.69, 9.17) is 11.6 Å². The van der Waals surface area contributed by atoms with E-state index in [1.54, 1.807) is 6.07 Å². The highest BCUT2D eigenvalue weighted by Crippen LogP contribution is 2.35. The number of benzene rings is 1. The van der Waals surface area contributed by atoms with E-state index >= 15 is 0 Å². The maximum atomic E-state index is 13.9. The Morgan fingerprint density at radius 2 is 2.05 bits per heavy atom. The highest BCUT2D eigenvalue weighted by Gasteiger charge is 2.28. The normalized spacial score (nSPS) is 23.2. The van der Waals surface area contributed by atoms with Gasteiger partial charge in [-0.1, -0.05) is 44.0 Å². The summed E-state index contributed by atoms with van der Waals surface area (Å²) in [6, 6.07) is 5.85. The molecular weight excluding hydrogens is 261 g/mol. The zero-order chi connectivity index (χ0) is 13.8. The van der Waals surface area contributed by atoms with Gasteiger partial charge in [0.05, 0.1) is 5.02 Å². The van der Waals surface area contributed by atoms with Crippen LogP contribution in [0.1, 0.15) is 38.7 Å². The van der Waals surface area contributed by atoms with Gasteiger partial charge in [0.25, 0.3) is 0 Å². The lowest BCUT2D eigenvalue weighted by molar-refractivity contribution is 0.351. The van der Waals surface area contributed by atoms with Crippen molar-refractivity contribution in [2.75, 3.05) is 6.54 Å². The SMILES string of the molecule is CC(C)NCC1CCCC1Cc1cccc(Cl)c1F. The van der Waals surface area contributed by atoms with Crippen LogP contribution >= 0.6 is 11.6 Å². The molecule has 0 aliphatic heterocycles. The molecule has 0 bridgehead atoms. The molecule has 0 spiro atoms. The standard InChI is InChI=1S/C16H23ClFN/c1-11(2)19-10-14-7-3-5-12(14)9-13-6-4-8-15(17)16(13)18/h4,6,8,11-12,14,19H,3,5,7,9-10H2,1-2H3. The lowest BCUT2D eigenvalue weighted by atomic mass is 9.89. The highest BCUT2D eigenvalue weighted by atomic mass is 35.5. The third-order valence-electron chi connectivity index (χ3n) is 4.12. The van der Waals surface area contributed by atoms with E-state index in [-0.39, 0.29) is 10.8 Å². The summed E-state index contributed by atoms with van der Waals surface area (Å²) in [7, 11) is 0. The van der Waals surface area contributed by atoms with E-state index in [0.29, 0.717) is 17.9 Å². The fourth-order valence-electron chi connectivity index (χ4n) is 3.03. The van der Waals surface area contributed by atoms with Gasteiger partial charge in [-0.15, -0.1) is 0 Å².